The van der Waals surface area contributed by atoms with Crippen LogP contribution in [0.3, 0.4) is 0 Å². The molecule has 0 heterocycles. The molecular weight excluding hydrogens is 314 g/mol. The molecule has 24 heavy (non-hydrogen) atoms. The van der Waals surface area contributed by atoms with Crippen LogP contribution in [-0.2, 0) is 0 Å². The van der Waals surface area contributed by atoms with Crippen LogP contribution in [-0.4, -0.2) is 17.9 Å². The Morgan fingerprint density at radius 3 is 2.29 bits per heavy atom. The molecule has 1 aliphatic rings. The predicted molar refractivity (Wildman–Crippen MR) is 86.0 cm³/mol. The number of carbonyl (C=O) groups excluding carboxylic acids is 2. The molecular formula is C18H16F2N2O2. The van der Waals surface area contributed by atoms with E-state index in [0.717, 1.165) is 30.5 Å². The quantitative estimate of drug-likeness (QED) is 0.902. The first-order chi connectivity index (χ1) is 11.4. The first-order valence-corrected chi connectivity index (χ1v) is 7.62. The van der Waals surface area contributed by atoms with Gasteiger partial charge in [-0.15, -0.1) is 0 Å². The van der Waals surface area contributed by atoms with Gasteiger partial charge in [-0.05, 0) is 55.7 Å². The summed E-state index contributed by atoms with van der Waals surface area (Å²) >= 11 is 0. The summed E-state index contributed by atoms with van der Waals surface area (Å²) in [5.41, 5.74) is 1.65. The number of rotatable bonds is 4. The van der Waals surface area contributed by atoms with Crippen LogP contribution < -0.4 is 10.6 Å². The first kappa shape index (κ1) is 16.1. The standard InChI is InChI=1S/C18H16F2N2O2/c1-10-2-3-12(17(23)21-13-5-6-13)9-16(10)22-18(24)11-4-7-14(19)15(20)8-11/h2-4,7-9,13H,5-6H2,1H3,(H,21,23)(H,22,24). The van der Waals surface area contributed by atoms with Gasteiger partial charge in [0.25, 0.3) is 11.8 Å². The summed E-state index contributed by atoms with van der Waals surface area (Å²) in [5, 5.41) is 5.50. The van der Waals surface area contributed by atoms with Crippen LogP contribution >= 0.6 is 0 Å². The Hall–Kier alpha value is -2.76. The number of carbonyl (C=O) groups is 2. The first-order valence-electron chi connectivity index (χ1n) is 7.62. The molecule has 0 spiro atoms. The topological polar surface area (TPSA) is 58.2 Å². The Bertz CT molecular complexity index is 817. The Kier molecular flexibility index (Phi) is 4.29. The van der Waals surface area contributed by atoms with E-state index in [1.165, 1.54) is 6.07 Å². The van der Waals surface area contributed by atoms with E-state index in [1.807, 2.05) is 0 Å². The smallest absolute Gasteiger partial charge is 0.255 e. The zero-order chi connectivity index (χ0) is 17.3. The van der Waals surface area contributed by atoms with E-state index in [2.05, 4.69) is 10.6 Å². The molecule has 1 aliphatic carbocycles. The second kappa shape index (κ2) is 6.39. The van der Waals surface area contributed by atoms with E-state index < -0.39 is 17.5 Å². The minimum Gasteiger partial charge on any atom is -0.349 e. The van der Waals surface area contributed by atoms with Gasteiger partial charge in [0.15, 0.2) is 11.6 Å². The molecule has 0 saturated heterocycles. The molecule has 0 radical (unpaired) electrons. The number of nitrogens with one attached hydrogen (secondary N) is 2. The van der Waals surface area contributed by atoms with Crippen molar-refractivity contribution in [2.45, 2.75) is 25.8 Å². The monoisotopic (exact) mass is 330 g/mol. The molecule has 2 aromatic carbocycles. The van der Waals surface area contributed by atoms with E-state index in [-0.39, 0.29) is 17.5 Å². The molecule has 4 nitrogen and oxygen atoms in total. The van der Waals surface area contributed by atoms with Crippen molar-refractivity contribution >= 4 is 17.5 Å². The Labute approximate surface area is 137 Å². The SMILES string of the molecule is Cc1ccc(C(=O)NC2CC2)cc1NC(=O)c1ccc(F)c(F)c1. The van der Waals surface area contributed by atoms with Gasteiger partial charge >= 0.3 is 0 Å². The van der Waals surface area contributed by atoms with Crippen LogP contribution in [0.1, 0.15) is 39.1 Å². The highest BCUT2D eigenvalue weighted by atomic mass is 19.2. The average Bonchev–Trinajstić information content (AvgIpc) is 3.36. The van der Waals surface area contributed by atoms with Crippen molar-refractivity contribution in [1.29, 1.82) is 0 Å². The van der Waals surface area contributed by atoms with Crippen LogP contribution in [0.4, 0.5) is 14.5 Å². The van der Waals surface area contributed by atoms with Gasteiger partial charge in [0, 0.05) is 22.9 Å². The largest absolute Gasteiger partial charge is 0.349 e. The van der Waals surface area contributed by atoms with Crippen molar-refractivity contribution in [1.82, 2.24) is 5.32 Å². The Balaban J connectivity index is 1.79. The second-order valence-electron chi connectivity index (χ2n) is 5.86. The third-order valence-electron chi connectivity index (χ3n) is 3.84. The maximum absolute atomic E-state index is 13.2. The number of aryl methyl sites for hydroxylation is 1. The highest BCUT2D eigenvalue weighted by Crippen LogP contribution is 2.22. The molecule has 6 heteroatoms. The van der Waals surface area contributed by atoms with Crippen LogP contribution in [0.25, 0.3) is 0 Å². The van der Waals surface area contributed by atoms with Gasteiger partial charge in [0.05, 0.1) is 0 Å². The van der Waals surface area contributed by atoms with Gasteiger partial charge in [-0.2, -0.15) is 0 Å². The number of anilines is 1. The lowest BCUT2D eigenvalue weighted by atomic mass is 10.1. The molecule has 1 fully saturated rings. The van der Waals surface area contributed by atoms with Crippen LogP contribution in [0.2, 0.25) is 0 Å². The van der Waals surface area contributed by atoms with Gasteiger partial charge in [0.2, 0.25) is 0 Å². The van der Waals surface area contributed by atoms with Crippen LogP contribution in [0, 0.1) is 18.6 Å². The fourth-order valence-electron chi connectivity index (χ4n) is 2.23. The van der Waals surface area contributed by atoms with Crippen LogP contribution in [0.15, 0.2) is 36.4 Å². The van der Waals surface area contributed by atoms with E-state index in [4.69, 9.17) is 0 Å². The summed E-state index contributed by atoms with van der Waals surface area (Å²) < 4.78 is 26.2. The number of hydrogen-bond acceptors (Lipinski definition) is 2. The third-order valence-corrected chi connectivity index (χ3v) is 3.84. The van der Waals surface area contributed by atoms with Gasteiger partial charge in [0.1, 0.15) is 0 Å². The molecule has 0 atom stereocenters. The van der Waals surface area contributed by atoms with Gasteiger partial charge in [-0.1, -0.05) is 6.07 Å². The lowest BCUT2D eigenvalue weighted by Crippen LogP contribution is -2.25. The number of amides is 2. The summed E-state index contributed by atoms with van der Waals surface area (Å²) in [6.07, 6.45) is 1.97. The van der Waals surface area contributed by atoms with Crippen molar-refractivity contribution in [3.63, 3.8) is 0 Å². The van der Waals surface area contributed by atoms with Gasteiger partial charge in [-0.3, -0.25) is 9.59 Å². The molecule has 2 N–H and O–H groups in total. The van der Waals surface area contributed by atoms with E-state index >= 15 is 0 Å². The average molecular weight is 330 g/mol. The maximum atomic E-state index is 13.2. The minimum absolute atomic E-state index is 0.00105. The third kappa shape index (κ3) is 3.59. The molecule has 0 aliphatic heterocycles. The highest BCUT2D eigenvalue weighted by molar-refractivity contribution is 6.05. The number of hydrogen-bond donors (Lipinski definition) is 2. The Morgan fingerprint density at radius 2 is 1.62 bits per heavy atom. The zero-order valence-corrected chi connectivity index (χ0v) is 13.0. The molecule has 2 aromatic rings. The highest BCUT2D eigenvalue weighted by Gasteiger charge is 2.24. The van der Waals surface area contributed by atoms with Crippen molar-refractivity contribution < 1.29 is 18.4 Å². The summed E-state index contributed by atoms with van der Waals surface area (Å²) in [7, 11) is 0. The molecule has 124 valence electrons. The van der Waals surface area contributed by atoms with E-state index in [9.17, 15) is 18.4 Å². The van der Waals surface area contributed by atoms with Crippen molar-refractivity contribution in [2.24, 2.45) is 0 Å². The molecule has 0 aromatic heterocycles. The summed E-state index contributed by atoms with van der Waals surface area (Å²) in [4.78, 5) is 24.3. The normalized spacial score (nSPS) is 13.5. The molecule has 3 rings (SSSR count). The fraction of sp³-hybridized carbons (Fsp3) is 0.222. The van der Waals surface area contributed by atoms with Gasteiger partial charge < -0.3 is 10.6 Å². The van der Waals surface area contributed by atoms with Crippen molar-refractivity contribution in [3.8, 4) is 0 Å². The number of benzene rings is 2. The van der Waals surface area contributed by atoms with Crippen molar-refractivity contribution in [2.75, 3.05) is 5.32 Å². The summed E-state index contributed by atoms with van der Waals surface area (Å²) in [6.45, 7) is 1.78. The van der Waals surface area contributed by atoms with E-state index in [1.54, 1.807) is 25.1 Å². The molecule has 0 bridgehead atoms. The maximum Gasteiger partial charge on any atom is 0.255 e. The lowest BCUT2D eigenvalue weighted by molar-refractivity contribution is 0.0949. The summed E-state index contributed by atoms with van der Waals surface area (Å²) in [5.74, 6) is -2.86. The van der Waals surface area contributed by atoms with Gasteiger partial charge in [-0.25, -0.2) is 8.78 Å². The van der Waals surface area contributed by atoms with Crippen LogP contribution in [0.5, 0.6) is 0 Å². The van der Waals surface area contributed by atoms with E-state index in [0.29, 0.717) is 11.3 Å². The van der Waals surface area contributed by atoms with Crippen molar-refractivity contribution in [3.05, 3.63) is 64.7 Å². The zero-order valence-electron chi connectivity index (χ0n) is 13.0. The second-order valence-corrected chi connectivity index (χ2v) is 5.86. The molecule has 2 amide bonds. The Morgan fingerprint density at radius 1 is 0.958 bits per heavy atom. The summed E-state index contributed by atoms with van der Waals surface area (Å²) in [6, 6.07) is 8.15. The number of halogens is 2. The minimum atomic E-state index is -1.09. The molecule has 1 saturated carbocycles. The predicted octanol–water partition coefficient (Wildman–Crippen LogP) is 3.42. The fourth-order valence-corrected chi connectivity index (χ4v) is 2.23. The molecule has 0 unspecified atom stereocenters. The lowest BCUT2D eigenvalue weighted by Gasteiger charge is -2.11.